The van der Waals surface area contributed by atoms with Crippen molar-refractivity contribution in [2.75, 3.05) is 51.3 Å². The van der Waals surface area contributed by atoms with Crippen molar-refractivity contribution >= 4 is 11.8 Å². The molecule has 6 nitrogen and oxygen atoms in total. The molecule has 0 bridgehead atoms. The molecule has 1 saturated carbocycles. The molecule has 6 heteroatoms. The molecule has 1 atom stereocenters. The summed E-state index contributed by atoms with van der Waals surface area (Å²) >= 11 is 0. The van der Waals surface area contributed by atoms with Gasteiger partial charge in [0.1, 0.15) is 5.82 Å². The van der Waals surface area contributed by atoms with Gasteiger partial charge in [0.25, 0.3) is 0 Å². The van der Waals surface area contributed by atoms with E-state index >= 15 is 0 Å². The first kappa shape index (κ1) is 15.8. The molecule has 1 aromatic heterocycles. The monoisotopic (exact) mass is 330 g/mol. The van der Waals surface area contributed by atoms with Gasteiger partial charge in [-0.25, -0.2) is 9.78 Å². The molecule has 130 valence electrons. The molecule has 1 unspecified atom stereocenters. The lowest BCUT2D eigenvalue weighted by atomic mass is 10.1. The average molecular weight is 330 g/mol. The Labute approximate surface area is 143 Å². The number of ether oxygens (including phenoxy) is 1. The van der Waals surface area contributed by atoms with Gasteiger partial charge >= 0.3 is 6.03 Å². The summed E-state index contributed by atoms with van der Waals surface area (Å²) in [6.45, 7) is 6.44. The Hall–Kier alpha value is -1.66. The number of amides is 2. The Morgan fingerprint density at radius 2 is 2.04 bits per heavy atom. The van der Waals surface area contributed by atoms with Gasteiger partial charge in [-0.05, 0) is 37.3 Å². The van der Waals surface area contributed by atoms with Crippen LogP contribution in [0, 0.1) is 5.92 Å². The summed E-state index contributed by atoms with van der Waals surface area (Å²) < 4.78 is 5.40. The number of morpholine rings is 1. The summed E-state index contributed by atoms with van der Waals surface area (Å²) in [6.07, 6.45) is 3.53. The predicted octanol–water partition coefficient (Wildman–Crippen LogP) is 2.14. The predicted molar refractivity (Wildman–Crippen MR) is 92.2 cm³/mol. The van der Waals surface area contributed by atoms with Crippen molar-refractivity contribution in [3.63, 3.8) is 0 Å². The number of nitrogens with zero attached hydrogens (tertiary/aromatic N) is 3. The molecule has 2 amide bonds. The second-order valence-corrected chi connectivity index (χ2v) is 7.17. The summed E-state index contributed by atoms with van der Waals surface area (Å²) in [7, 11) is 0. The van der Waals surface area contributed by atoms with Gasteiger partial charge in [-0.2, -0.15) is 0 Å². The van der Waals surface area contributed by atoms with Crippen LogP contribution in [0.25, 0.3) is 0 Å². The van der Waals surface area contributed by atoms with Crippen LogP contribution < -0.4 is 5.32 Å². The van der Waals surface area contributed by atoms with E-state index in [1.807, 2.05) is 17.0 Å². The van der Waals surface area contributed by atoms with E-state index in [9.17, 15) is 4.79 Å². The van der Waals surface area contributed by atoms with E-state index in [1.165, 1.54) is 12.8 Å². The number of aromatic nitrogens is 1. The fraction of sp³-hybridized carbons (Fsp3) is 0.667. The van der Waals surface area contributed by atoms with Crippen LogP contribution in [0.4, 0.5) is 10.6 Å². The largest absolute Gasteiger partial charge is 0.379 e. The topological polar surface area (TPSA) is 57.7 Å². The molecule has 2 saturated heterocycles. The average Bonchev–Trinajstić information content (AvgIpc) is 3.36. The highest BCUT2D eigenvalue weighted by Gasteiger charge is 2.29. The Bertz CT molecular complexity index is 584. The number of pyridine rings is 1. The van der Waals surface area contributed by atoms with Crippen LogP contribution in [0.1, 0.15) is 30.9 Å². The molecule has 0 radical (unpaired) electrons. The first-order valence-electron chi connectivity index (χ1n) is 9.11. The number of nitrogens with one attached hydrogen (secondary N) is 1. The molecule has 3 fully saturated rings. The highest BCUT2D eigenvalue weighted by atomic mass is 16.5. The van der Waals surface area contributed by atoms with Crippen molar-refractivity contribution in [3.8, 4) is 0 Å². The van der Waals surface area contributed by atoms with E-state index in [4.69, 9.17) is 4.74 Å². The summed E-state index contributed by atoms with van der Waals surface area (Å²) in [5.41, 5.74) is 1.11. The number of carbonyl (C=O) groups is 1. The first-order valence-corrected chi connectivity index (χ1v) is 9.11. The number of likely N-dealkylation sites (tertiary alicyclic amines) is 1. The smallest absolute Gasteiger partial charge is 0.323 e. The quantitative estimate of drug-likeness (QED) is 0.919. The third-order valence-corrected chi connectivity index (χ3v) is 5.19. The van der Waals surface area contributed by atoms with E-state index in [0.29, 0.717) is 17.7 Å². The summed E-state index contributed by atoms with van der Waals surface area (Å²) in [5, 5.41) is 2.97. The van der Waals surface area contributed by atoms with Crippen LogP contribution >= 0.6 is 0 Å². The molecule has 1 N–H and O–H groups in total. The number of hydrogen-bond acceptors (Lipinski definition) is 4. The molecule has 4 rings (SSSR count). The lowest BCUT2D eigenvalue weighted by Crippen LogP contribution is -2.40. The maximum atomic E-state index is 12.5. The molecule has 2 aliphatic heterocycles. The van der Waals surface area contributed by atoms with Gasteiger partial charge in [0.05, 0.1) is 13.2 Å². The second-order valence-electron chi connectivity index (χ2n) is 7.17. The van der Waals surface area contributed by atoms with Crippen molar-refractivity contribution < 1.29 is 9.53 Å². The van der Waals surface area contributed by atoms with Gasteiger partial charge in [-0.3, -0.25) is 10.2 Å². The van der Waals surface area contributed by atoms with Gasteiger partial charge in [-0.1, -0.05) is 6.07 Å². The van der Waals surface area contributed by atoms with Crippen LogP contribution in [0.15, 0.2) is 18.2 Å². The van der Waals surface area contributed by atoms with Gasteiger partial charge in [-0.15, -0.1) is 0 Å². The first-order chi connectivity index (χ1) is 11.8. The van der Waals surface area contributed by atoms with E-state index in [-0.39, 0.29) is 6.03 Å². The minimum absolute atomic E-state index is 0.0140. The Morgan fingerprint density at radius 3 is 2.83 bits per heavy atom. The summed E-state index contributed by atoms with van der Waals surface area (Å²) in [5.74, 6) is 1.85. The SMILES string of the molecule is O=C(Nc1cccc(C2CC2)n1)N1CCC(CN2CCOCC2)C1. The number of carbonyl (C=O) groups excluding carboxylic acids is 1. The van der Waals surface area contributed by atoms with E-state index in [0.717, 1.165) is 58.1 Å². The number of anilines is 1. The zero-order chi connectivity index (χ0) is 16.4. The van der Waals surface area contributed by atoms with Crippen molar-refractivity contribution in [3.05, 3.63) is 23.9 Å². The maximum absolute atomic E-state index is 12.5. The standard InChI is InChI=1S/C18H26N4O2/c23-18(20-17-3-1-2-16(19-17)15-4-5-15)22-7-6-14(13-22)12-21-8-10-24-11-9-21/h1-3,14-15H,4-13H2,(H,19,20,23). The van der Waals surface area contributed by atoms with Crippen LogP contribution in [0.2, 0.25) is 0 Å². The van der Waals surface area contributed by atoms with Gasteiger partial charge < -0.3 is 9.64 Å². The number of hydrogen-bond donors (Lipinski definition) is 1. The zero-order valence-electron chi connectivity index (χ0n) is 14.1. The molecule has 3 heterocycles. The fourth-order valence-electron chi connectivity index (χ4n) is 3.63. The molecule has 24 heavy (non-hydrogen) atoms. The van der Waals surface area contributed by atoms with Crippen molar-refractivity contribution in [1.29, 1.82) is 0 Å². The fourth-order valence-corrected chi connectivity index (χ4v) is 3.63. The highest BCUT2D eigenvalue weighted by Crippen LogP contribution is 2.39. The molecular weight excluding hydrogens is 304 g/mol. The third kappa shape index (κ3) is 3.87. The molecule has 3 aliphatic rings. The van der Waals surface area contributed by atoms with Crippen molar-refractivity contribution in [2.45, 2.75) is 25.2 Å². The van der Waals surface area contributed by atoms with E-state index < -0.39 is 0 Å². The Kier molecular flexibility index (Phi) is 4.67. The van der Waals surface area contributed by atoms with Crippen molar-refractivity contribution in [1.82, 2.24) is 14.8 Å². The van der Waals surface area contributed by atoms with Crippen LogP contribution in [-0.2, 0) is 4.74 Å². The molecule has 1 aliphatic carbocycles. The van der Waals surface area contributed by atoms with Gasteiger partial charge in [0.2, 0.25) is 0 Å². The molecular formula is C18H26N4O2. The second kappa shape index (κ2) is 7.07. The Balaban J connectivity index is 1.28. The molecule has 0 aromatic carbocycles. The van der Waals surface area contributed by atoms with Crippen LogP contribution in [0.5, 0.6) is 0 Å². The lowest BCUT2D eigenvalue weighted by molar-refractivity contribution is 0.0314. The van der Waals surface area contributed by atoms with E-state index in [2.05, 4.69) is 21.3 Å². The number of rotatable bonds is 4. The van der Waals surface area contributed by atoms with Gasteiger partial charge in [0.15, 0.2) is 0 Å². The minimum atomic E-state index is -0.0140. The Morgan fingerprint density at radius 1 is 1.21 bits per heavy atom. The lowest BCUT2D eigenvalue weighted by Gasteiger charge is -2.29. The maximum Gasteiger partial charge on any atom is 0.323 e. The number of urea groups is 1. The minimum Gasteiger partial charge on any atom is -0.379 e. The summed E-state index contributed by atoms with van der Waals surface area (Å²) in [6, 6.07) is 5.91. The highest BCUT2D eigenvalue weighted by molar-refractivity contribution is 5.88. The summed E-state index contributed by atoms with van der Waals surface area (Å²) in [4.78, 5) is 21.5. The van der Waals surface area contributed by atoms with Crippen LogP contribution in [0.3, 0.4) is 0 Å². The molecule has 1 aromatic rings. The third-order valence-electron chi connectivity index (χ3n) is 5.19. The van der Waals surface area contributed by atoms with Gasteiger partial charge in [0, 0.05) is 44.3 Å². The van der Waals surface area contributed by atoms with Crippen molar-refractivity contribution in [2.24, 2.45) is 5.92 Å². The normalized spacial score (nSPS) is 25.0. The van der Waals surface area contributed by atoms with Crippen LogP contribution in [-0.4, -0.2) is 66.8 Å². The zero-order valence-corrected chi connectivity index (χ0v) is 14.1. The van der Waals surface area contributed by atoms with E-state index in [1.54, 1.807) is 0 Å². The molecule has 0 spiro atoms.